The van der Waals surface area contributed by atoms with E-state index in [-0.39, 0.29) is 0 Å². The largest absolute Gasteiger partial charge is 0.359 e. The van der Waals surface area contributed by atoms with Crippen LogP contribution in [0.15, 0.2) is 40.9 Å². The van der Waals surface area contributed by atoms with Gasteiger partial charge in [0.1, 0.15) is 6.79 Å². The van der Waals surface area contributed by atoms with Crippen molar-refractivity contribution in [3.63, 3.8) is 0 Å². The van der Waals surface area contributed by atoms with Crippen LogP contribution in [-0.4, -0.2) is 13.9 Å². The van der Waals surface area contributed by atoms with E-state index in [0.717, 1.165) is 10.0 Å². The van der Waals surface area contributed by atoms with Crippen molar-refractivity contribution in [1.82, 2.24) is 0 Å². The van der Waals surface area contributed by atoms with Gasteiger partial charge in [0.25, 0.3) is 0 Å². The van der Waals surface area contributed by atoms with E-state index in [1.165, 1.54) is 10.8 Å². The van der Waals surface area contributed by atoms with Crippen molar-refractivity contribution in [2.45, 2.75) is 6.61 Å². The highest BCUT2D eigenvalue weighted by Gasteiger charge is 1.97. The lowest BCUT2D eigenvalue weighted by Crippen LogP contribution is -1.96. The van der Waals surface area contributed by atoms with Crippen molar-refractivity contribution in [3.8, 4) is 0 Å². The predicted octanol–water partition coefficient (Wildman–Crippen LogP) is 3.72. The van der Waals surface area contributed by atoms with Gasteiger partial charge < -0.3 is 9.47 Å². The second-order valence-electron chi connectivity index (χ2n) is 3.58. The van der Waals surface area contributed by atoms with E-state index in [0.29, 0.717) is 13.4 Å². The fourth-order valence-corrected chi connectivity index (χ4v) is 1.98. The van der Waals surface area contributed by atoms with Crippen molar-refractivity contribution in [3.05, 3.63) is 46.4 Å². The molecule has 84 valence electrons. The second-order valence-corrected chi connectivity index (χ2v) is 4.50. The van der Waals surface area contributed by atoms with Crippen molar-refractivity contribution in [2.24, 2.45) is 0 Å². The molecule has 2 aromatic rings. The van der Waals surface area contributed by atoms with Crippen LogP contribution in [0.3, 0.4) is 0 Å². The summed E-state index contributed by atoms with van der Waals surface area (Å²) in [5, 5.41) is 2.45. The Morgan fingerprint density at radius 3 is 2.62 bits per heavy atom. The van der Waals surface area contributed by atoms with Crippen LogP contribution < -0.4 is 0 Å². The molecular weight excluding hydrogens is 268 g/mol. The lowest BCUT2D eigenvalue weighted by Gasteiger charge is -2.05. The molecule has 16 heavy (non-hydrogen) atoms. The molecule has 0 radical (unpaired) electrons. The van der Waals surface area contributed by atoms with Gasteiger partial charge in [0.05, 0.1) is 6.61 Å². The van der Waals surface area contributed by atoms with Crippen LogP contribution in [0.4, 0.5) is 0 Å². The highest BCUT2D eigenvalue weighted by Crippen LogP contribution is 2.21. The fraction of sp³-hybridized carbons (Fsp3) is 0.231. The molecule has 0 fully saturated rings. The van der Waals surface area contributed by atoms with Crippen molar-refractivity contribution >= 4 is 26.7 Å². The molecule has 2 nitrogen and oxygen atoms in total. The van der Waals surface area contributed by atoms with Gasteiger partial charge in [-0.05, 0) is 34.5 Å². The van der Waals surface area contributed by atoms with Gasteiger partial charge in [-0.3, -0.25) is 0 Å². The fourth-order valence-electron chi connectivity index (χ4n) is 1.60. The molecular formula is C13H13BrO2. The maximum Gasteiger partial charge on any atom is 0.146 e. The number of fused-ring (bicyclic) bond motifs is 1. The zero-order valence-electron chi connectivity index (χ0n) is 9.07. The Balaban J connectivity index is 2.20. The maximum absolute atomic E-state index is 5.31. The van der Waals surface area contributed by atoms with E-state index in [4.69, 9.17) is 9.47 Å². The van der Waals surface area contributed by atoms with Gasteiger partial charge in [0, 0.05) is 11.6 Å². The average Bonchev–Trinajstić information content (AvgIpc) is 2.29. The molecule has 0 aliphatic carbocycles. The van der Waals surface area contributed by atoms with Gasteiger partial charge in [-0.2, -0.15) is 0 Å². The van der Waals surface area contributed by atoms with Crippen LogP contribution in [0, 0.1) is 0 Å². The molecule has 0 amide bonds. The van der Waals surface area contributed by atoms with Crippen LogP contribution in [0.1, 0.15) is 5.56 Å². The monoisotopic (exact) mass is 280 g/mol. The molecule has 2 aromatic carbocycles. The molecule has 0 aromatic heterocycles. The van der Waals surface area contributed by atoms with Gasteiger partial charge >= 0.3 is 0 Å². The summed E-state index contributed by atoms with van der Waals surface area (Å²) in [5.41, 5.74) is 1.16. The van der Waals surface area contributed by atoms with Crippen LogP contribution in [0.25, 0.3) is 10.8 Å². The molecule has 0 saturated carbocycles. The van der Waals surface area contributed by atoms with Crippen LogP contribution in [0.2, 0.25) is 0 Å². The first-order chi connectivity index (χ1) is 7.79. The first kappa shape index (κ1) is 11.6. The smallest absolute Gasteiger partial charge is 0.146 e. The Hall–Kier alpha value is -0.900. The molecule has 0 aliphatic rings. The molecule has 0 saturated heterocycles. The Bertz CT molecular complexity index is 482. The summed E-state index contributed by atoms with van der Waals surface area (Å²) in [6.07, 6.45) is 0. The van der Waals surface area contributed by atoms with Gasteiger partial charge in [-0.1, -0.05) is 34.1 Å². The molecule has 0 bridgehead atoms. The summed E-state index contributed by atoms with van der Waals surface area (Å²) in [6.45, 7) is 0.915. The predicted molar refractivity (Wildman–Crippen MR) is 68.3 cm³/mol. The first-order valence-corrected chi connectivity index (χ1v) is 5.84. The third kappa shape index (κ3) is 2.82. The molecule has 0 spiro atoms. The number of methoxy groups -OCH3 is 1. The Morgan fingerprint density at radius 2 is 1.81 bits per heavy atom. The SMILES string of the molecule is COCOCc1ccc2cc(Br)ccc2c1. The van der Waals surface area contributed by atoms with E-state index >= 15 is 0 Å². The molecule has 0 aliphatic heterocycles. The Morgan fingerprint density at radius 1 is 1.06 bits per heavy atom. The summed E-state index contributed by atoms with van der Waals surface area (Å²) in [7, 11) is 1.62. The molecule has 0 N–H and O–H groups in total. The quantitative estimate of drug-likeness (QED) is 0.628. The highest BCUT2D eigenvalue weighted by atomic mass is 79.9. The molecule has 0 heterocycles. The third-order valence-electron chi connectivity index (χ3n) is 2.34. The highest BCUT2D eigenvalue weighted by molar-refractivity contribution is 9.10. The molecule has 0 atom stereocenters. The molecule has 2 rings (SSSR count). The Labute approximate surface area is 103 Å². The number of rotatable bonds is 4. The zero-order valence-corrected chi connectivity index (χ0v) is 10.7. The summed E-state index contributed by atoms with van der Waals surface area (Å²) < 4.78 is 11.2. The Kier molecular flexibility index (Phi) is 3.93. The van der Waals surface area contributed by atoms with E-state index in [1.54, 1.807) is 7.11 Å². The van der Waals surface area contributed by atoms with Crippen molar-refractivity contribution < 1.29 is 9.47 Å². The number of benzene rings is 2. The summed E-state index contributed by atoms with van der Waals surface area (Å²) in [6, 6.07) is 12.6. The van der Waals surface area contributed by atoms with Crippen LogP contribution in [-0.2, 0) is 16.1 Å². The number of halogens is 1. The second kappa shape index (κ2) is 5.43. The lowest BCUT2D eigenvalue weighted by atomic mass is 10.1. The van der Waals surface area contributed by atoms with Gasteiger partial charge in [-0.15, -0.1) is 0 Å². The zero-order chi connectivity index (χ0) is 11.4. The van der Waals surface area contributed by atoms with Gasteiger partial charge in [0.15, 0.2) is 0 Å². The summed E-state index contributed by atoms with van der Waals surface area (Å²) >= 11 is 3.46. The van der Waals surface area contributed by atoms with Gasteiger partial charge in [0.2, 0.25) is 0 Å². The van der Waals surface area contributed by atoms with E-state index in [9.17, 15) is 0 Å². The van der Waals surface area contributed by atoms with E-state index in [1.807, 2.05) is 6.07 Å². The number of ether oxygens (including phenoxy) is 2. The third-order valence-corrected chi connectivity index (χ3v) is 2.83. The van der Waals surface area contributed by atoms with Crippen LogP contribution >= 0.6 is 15.9 Å². The first-order valence-electron chi connectivity index (χ1n) is 5.04. The number of hydrogen-bond donors (Lipinski definition) is 0. The average molecular weight is 281 g/mol. The van der Waals surface area contributed by atoms with Gasteiger partial charge in [-0.25, -0.2) is 0 Å². The normalized spacial score (nSPS) is 10.9. The topological polar surface area (TPSA) is 18.5 Å². The van der Waals surface area contributed by atoms with Crippen LogP contribution in [0.5, 0.6) is 0 Å². The molecule has 3 heteroatoms. The lowest BCUT2D eigenvalue weighted by molar-refractivity contribution is -0.0390. The van der Waals surface area contributed by atoms with E-state index < -0.39 is 0 Å². The summed E-state index contributed by atoms with van der Waals surface area (Å²) in [4.78, 5) is 0. The number of hydrogen-bond acceptors (Lipinski definition) is 2. The van der Waals surface area contributed by atoms with Crippen molar-refractivity contribution in [1.29, 1.82) is 0 Å². The minimum Gasteiger partial charge on any atom is -0.359 e. The van der Waals surface area contributed by atoms with E-state index in [2.05, 4.69) is 46.3 Å². The minimum absolute atomic E-state index is 0.332. The maximum atomic E-state index is 5.31. The summed E-state index contributed by atoms with van der Waals surface area (Å²) in [5.74, 6) is 0. The van der Waals surface area contributed by atoms with Crippen molar-refractivity contribution in [2.75, 3.05) is 13.9 Å². The standard InChI is InChI=1S/C13H13BrO2/c1-15-9-16-8-10-2-3-12-7-13(14)5-4-11(12)6-10/h2-7H,8-9H2,1H3. The minimum atomic E-state index is 0.332. The molecule has 0 unspecified atom stereocenters.